The number of thiophene rings is 1. The number of benzene rings is 1. The van der Waals surface area contributed by atoms with Gasteiger partial charge in [-0.2, -0.15) is 0 Å². The topological polar surface area (TPSA) is 73.9 Å². The summed E-state index contributed by atoms with van der Waals surface area (Å²) in [4.78, 5) is 26.5. The molecule has 0 fully saturated rings. The van der Waals surface area contributed by atoms with Crippen LogP contribution in [0.1, 0.15) is 44.5 Å². The zero-order valence-corrected chi connectivity index (χ0v) is 16.7. The van der Waals surface area contributed by atoms with Crippen LogP contribution in [0.2, 0.25) is 0 Å². The van der Waals surface area contributed by atoms with E-state index in [4.69, 9.17) is 14.2 Å². The Morgan fingerprint density at radius 2 is 1.78 bits per heavy atom. The summed E-state index contributed by atoms with van der Waals surface area (Å²) in [5.41, 5.74) is 1.75. The molecule has 1 heterocycles. The Morgan fingerprint density at radius 1 is 1.11 bits per heavy atom. The summed E-state index contributed by atoms with van der Waals surface area (Å²) in [6.07, 6.45) is 2.73. The highest BCUT2D eigenvalue weighted by Crippen LogP contribution is 2.40. The molecule has 7 heteroatoms. The zero-order valence-electron chi connectivity index (χ0n) is 15.9. The third-order valence-corrected chi connectivity index (χ3v) is 5.95. The van der Waals surface area contributed by atoms with E-state index in [1.165, 1.54) is 32.7 Å². The van der Waals surface area contributed by atoms with Crippen LogP contribution in [0.3, 0.4) is 0 Å². The minimum Gasteiger partial charge on any atom is -0.496 e. The Labute approximate surface area is 162 Å². The lowest BCUT2D eigenvalue weighted by Crippen LogP contribution is -2.17. The Morgan fingerprint density at radius 3 is 2.37 bits per heavy atom. The van der Waals surface area contributed by atoms with Gasteiger partial charge in [-0.3, -0.25) is 4.79 Å². The zero-order chi connectivity index (χ0) is 19.6. The van der Waals surface area contributed by atoms with Crippen molar-refractivity contribution in [3.63, 3.8) is 0 Å². The molecule has 6 nitrogen and oxygen atoms in total. The third kappa shape index (κ3) is 3.64. The molecule has 1 aliphatic carbocycles. The first-order chi connectivity index (χ1) is 13.0. The maximum absolute atomic E-state index is 13.0. The Bertz CT molecular complexity index is 851. The second-order valence-electron chi connectivity index (χ2n) is 6.54. The van der Waals surface area contributed by atoms with Crippen molar-refractivity contribution in [1.29, 1.82) is 0 Å². The van der Waals surface area contributed by atoms with Crippen molar-refractivity contribution in [2.24, 2.45) is 5.92 Å². The van der Waals surface area contributed by atoms with E-state index in [0.717, 1.165) is 29.7 Å². The fraction of sp³-hybridized carbons (Fsp3) is 0.400. The quantitative estimate of drug-likeness (QED) is 0.785. The van der Waals surface area contributed by atoms with Crippen molar-refractivity contribution in [2.45, 2.75) is 26.2 Å². The molecule has 1 atom stereocenters. The Balaban J connectivity index is 2.01. The second kappa shape index (κ2) is 8.00. The summed E-state index contributed by atoms with van der Waals surface area (Å²) in [6, 6.07) is 5.14. The summed E-state index contributed by atoms with van der Waals surface area (Å²) in [5.74, 6) is 0.549. The van der Waals surface area contributed by atoms with Gasteiger partial charge in [-0.15, -0.1) is 11.3 Å². The molecule has 3 rings (SSSR count). The molecule has 144 valence electrons. The van der Waals surface area contributed by atoms with Crippen LogP contribution in [0, 0.1) is 5.92 Å². The monoisotopic (exact) mass is 389 g/mol. The molecule has 0 radical (unpaired) electrons. The lowest BCUT2D eigenvalue weighted by molar-refractivity contribution is 0.0601. The van der Waals surface area contributed by atoms with Gasteiger partial charge >= 0.3 is 5.97 Å². The number of methoxy groups -OCH3 is 3. The molecule has 1 aromatic heterocycles. The van der Waals surface area contributed by atoms with Crippen molar-refractivity contribution < 1.29 is 23.8 Å². The molecule has 1 amide bonds. The van der Waals surface area contributed by atoms with Gasteiger partial charge in [-0.1, -0.05) is 13.0 Å². The number of hydrogen-bond acceptors (Lipinski definition) is 6. The molecule has 0 spiro atoms. The van der Waals surface area contributed by atoms with E-state index in [1.54, 1.807) is 18.2 Å². The molecule has 1 N–H and O–H groups in total. The molecule has 0 saturated carbocycles. The number of carbonyl (C=O) groups excluding carboxylic acids is 2. The average molecular weight is 389 g/mol. The number of anilines is 1. The highest BCUT2D eigenvalue weighted by Gasteiger charge is 2.30. The van der Waals surface area contributed by atoms with Gasteiger partial charge in [0.1, 0.15) is 22.1 Å². The van der Waals surface area contributed by atoms with Gasteiger partial charge in [0.15, 0.2) is 0 Å². The number of rotatable bonds is 5. The SMILES string of the molecule is COC(=O)c1c(NC(=O)c2c(OC)cccc2OC)sc2c1CCC(C)C2. The number of esters is 1. The van der Waals surface area contributed by atoms with E-state index < -0.39 is 5.97 Å². The van der Waals surface area contributed by atoms with Crippen molar-refractivity contribution in [3.05, 3.63) is 39.8 Å². The fourth-order valence-electron chi connectivity index (χ4n) is 3.40. The van der Waals surface area contributed by atoms with Gasteiger partial charge in [-0.25, -0.2) is 4.79 Å². The molecule has 1 aromatic carbocycles. The molecule has 2 aromatic rings. The van der Waals surface area contributed by atoms with Crippen LogP contribution in [0.5, 0.6) is 11.5 Å². The van der Waals surface area contributed by atoms with Crippen LogP contribution < -0.4 is 14.8 Å². The van der Waals surface area contributed by atoms with Gasteiger partial charge in [0.25, 0.3) is 5.91 Å². The molecule has 27 heavy (non-hydrogen) atoms. The molecule has 1 unspecified atom stereocenters. The molecular formula is C20H23NO5S. The van der Waals surface area contributed by atoms with Crippen LogP contribution in [0.15, 0.2) is 18.2 Å². The van der Waals surface area contributed by atoms with Crippen molar-refractivity contribution >= 4 is 28.2 Å². The van der Waals surface area contributed by atoms with Gasteiger partial charge in [-0.05, 0) is 42.9 Å². The molecular weight excluding hydrogens is 366 g/mol. The van der Waals surface area contributed by atoms with E-state index in [9.17, 15) is 9.59 Å². The number of nitrogens with one attached hydrogen (secondary N) is 1. The minimum atomic E-state index is -0.427. The summed E-state index contributed by atoms with van der Waals surface area (Å²) >= 11 is 1.44. The second-order valence-corrected chi connectivity index (χ2v) is 7.64. The normalized spacial score (nSPS) is 15.6. The van der Waals surface area contributed by atoms with Crippen molar-refractivity contribution in [3.8, 4) is 11.5 Å². The standard InChI is InChI=1S/C20H23NO5S/c1-11-8-9-12-15(10-11)27-19(16(12)20(23)26-4)21-18(22)17-13(24-2)6-5-7-14(17)25-3/h5-7,11H,8-10H2,1-4H3,(H,21,22). The number of hydrogen-bond donors (Lipinski definition) is 1. The lowest BCUT2D eigenvalue weighted by atomic mass is 9.88. The third-order valence-electron chi connectivity index (χ3n) is 4.78. The highest BCUT2D eigenvalue weighted by molar-refractivity contribution is 7.17. The molecule has 0 aliphatic heterocycles. The van der Waals surface area contributed by atoms with E-state index in [2.05, 4.69) is 12.2 Å². The lowest BCUT2D eigenvalue weighted by Gasteiger charge is -2.18. The van der Waals surface area contributed by atoms with Gasteiger partial charge < -0.3 is 19.5 Å². The first-order valence-corrected chi connectivity index (χ1v) is 9.57. The molecule has 1 aliphatic rings. The van der Waals surface area contributed by atoms with E-state index in [1.807, 2.05) is 0 Å². The summed E-state index contributed by atoms with van der Waals surface area (Å²) in [6.45, 7) is 2.19. The maximum Gasteiger partial charge on any atom is 0.341 e. The van der Waals surface area contributed by atoms with E-state index in [0.29, 0.717) is 28.0 Å². The van der Waals surface area contributed by atoms with Crippen LogP contribution in [-0.4, -0.2) is 33.2 Å². The highest BCUT2D eigenvalue weighted by atomic mass is 32.1. The average Bonchev–Trinajstić information content (AvgIpc) is 3.03. The maximum atomic E-state index is 13.0. The first kappa shape index (κ1) is 19.2. The summed E-state index contributed by atoms with van der Waals surface area (Å²) in [5, 5.41) is 3.40. The Hall–Kier alpha value is -2.54. The summed E-state index contributed by atoms with van der Waals surface area (Å²) in [7, 11) is 4.35. The largest absolute Gasteiger partial charge is 0.496 e. The van der Waals surface area contributed by atoms with E-state index >= 15 is 0 Å². The Kier molecular flexibility index (Phi) is 5.70. The first-order valence-electron chi connectivity index (χ1n) is 8.75. The fourth-order valence-corrected chi connectivity index (χ4v) is 4.79. The number of fused-ring (bicyclic) bond motifs is 1. The van der Waals surface area contributed by atoms with Crippen molar-refractivity contribution in [2.75, 3.05) is 26.6 Å². The van der Waals surface area contributed by atoms with Crippen molar-refractivity contribution in [1.82, 2.24) is 0 Å². The number of carbonyl (C=O) groups is 2. The minimum absolute atomic E-state index is 0.290. The number of ether oxygens (including phenoxy) is 3. The van der Waals surface area contributed by atoms with Gasteiger partial charge in [0, 0.05) is 4.88 Å². The van der Waals surface area contributed by atoms with E-state index in [-0.39, 0.29) is 11.5 Å². The molecule has 0 saturated heterocycles. The van der Waals surface area contributed by atoms with Crippen LogP contribution in [0.25, 0.3) is 0 Å². The van der Waals surface area contributed by atoms with Gasteiger partial charge in [0.05, 0.1) is 26.9 Å². The predicted molar refractivity (Wildman–Crippen MR) is 104 cm³/mol. The summed E-state index contributed by atoms with van der Waals surface area (Å²) < 4.78 is 15.6. The van der Waals surface area contributed by atoms with Crippen LogP contribution in [0.4, 0.5) is 5.00 Å². The van der Waals surface area contributed by atoms with Gasteiger partial charge in [0.2, 0.25) is 0 Å². The number of amides is 1. The van der Waals surface area contributed by atoms with Crippen LogP contribution in [-0.2, 0) is 17.6 Å². The molecule has 0 bridgehead atoms. The smallest absolute Gasteiger partial charge is 0.341 e. The predicted octanol–water partition coefficient (Wildman–Crippen LogP) is 3.93. The van der Waals surface area contributed by atoms with Crippen LogP contribution >= 0.6 is 11.3 Å².